The zero-order valence-electron chi connectivity index (χ0n) is 13.3. The Hall–Kier alpha value is -1.61. The minimum atomic E-state index is 0.207. The van der Waals surface area contributed by atoms with Gasteiger partial charge in [0.1, 0.15) is 0 Å². The molecule has 2 heterocycles. The first kappa shape index (κ1) is 15.3. The molecule has 1 spiro atoms. The highest BCUT2D eigenvalue weighted by Gasteiger charge is 2.44. The molecule has 2 aliphatic heterocycles. The summed E-state index contributed by atoms with van der Waals surface area (Å²) in [4.78, 5) is 17.3. The monoisotopic (exact) mass is 298 g/mol. The van der Waals surface area contributed by atoms with E-state index in [-0.39, 0.29) is 11.4 Å². The molecule has 1 aromatic rings. The zero-order valence-corrected chi connectivity index (χ0v) is 13.3. The van der Waals surface area contributed by atoms with Gasteiger partial charge in [0, 0.05) is 25.2 Å². The first-order valence-electron chi connectivity index (χ1n) is 8.41. The molecule has 118 valence electrons. The van der Waals surface area contributed by atoms with Crippen LogP contribution in [0.3, 0.4) is 0 Å². The number of benzene rings is 1. The molecule has 1 atom stereocenters. The fourth-order valence-electron chi connectivity index (χ4n) is 4.10. The molecule has 1 unspecified atom stereocenters. The van der Waals surface area contributed by atoms with Gasteiger partial charge in [-0.15, -0.1) is 6.58 Å². The molecule has 3 heteroatoms. The second kappa shape index (κ2) is 6.66. The predicted molar refractivity (Wildman–Crippen MR) is 89.7 cm³/mol. The van der Waals surface area contributed by atoms with Crippen LogP contribution in [0.4, 0.5) is 0 Å². The first-order valence-corrected chi connectivity index (χ1v) is 8.41. The van der Waals surface area contributed by atoms with Gasteiger partial charge in [-0.2, -0.15) is 0 Å². The van der Waals surface area contributed by atoms with Gasteiger partial charge in [0.25, 0.3) is 0 Å². The standard InChI is InChI=1S/C19H26N2O/c1-2-12-21-14-7-11-19(21)10-6-13-20(16-19)18(22)15-17-8-4-3-5-9-17/h2-5,8-9H,1,6-7,10-16H2. The van der Waals surface area contributed by atoms with Crippen LogP contribution in [-0.2, 0) is 11.2 Å². The van der Waals surface area contributed by atoms with Crippen molar-refractivity contribution in [1.82, 2.24) is 9.80 Å². The molecule has 0 N–H and O–H groups in total. The van der Waals surface area contributed by atoms with Crippen molar-refractivity contribution in [2.45, 2.75) is 37.6 Å². The van der Waals surface area contributed by atoms with E-state index in [1.54, 1.807) is 0 Å². The first-order chi connectivity index (χ1) is 10.7. The maximum atomic E-state index is 12.7. The van der Waals surface area contributed by atoms with Gasteiger partial charge in [-0.25, -0.2) is 0 Å². The van der Waals surface area contributed by atoms with Crippen molar-refractivity contribution >= 4 is 5.91 Å². The summed E-state index contributed by atoms with van der Waals surface area (Å²) in [7, 11) is 0. The topological polar surface area (TPSA) is 23.6 Å². The highest BCUT2D eigenvalue weighted by molar-refractivity contribution is 5.79. The number of hydrogen-bond acceptors (Lipinski definition) is 2. The van der Waals surface area contributed by atoms with E-state index in [0.717, 1.165) is 38.2 Å². The van der Waals surface area contributed by atoms with Gasteiger partial charge in [-0.05, 0) is 37.8 Å². The molecule has 0 aromatic heterocycles. The molecule has 2 fully saturated rings. The molecule has 1 amide bonds. The van der Waals surface area contributed by atoms with Crippen molar-refractivity contribution in [2.75, 3.05) is 26.2 Å². The van der Waals surface area contributed by atoms with E-state index in [1.807, 2.05) is 36.4 Å². The summed E-state index contributed by atoms with van der Waals surface area (Å²) >= 11 is 0. The van der Waals surface area contributed by atoms with E-state index < -0.39 is 0 Å². The molecule has 0 bridgehead atoms. The smallest absolute Gasteiger partial charge is 0.227 e. The lowest BCUT2D eigenvalue weighted by molar-refractivity contribution is -0.134. The summed E-state index contributed by atoms with van der Waals surface area (Å²) in [5, 5.41) is 0. The summed E-state index contributed by atoms with van der Waals surface area (Å²) in [6.45, 7) is 7.79. The Balaban J connectivity index is 1.67. The van der Waals surface area contributed by atoms with Crippen LogP contribution in [0.25, 0.3) is 0 Å². The lowest BCUT2D eigenvalue weighted by atomic mass is 9.86. The molecule has 0 radical (unpaired) electrons. The Labute approximate surface area is 133 Å². The van der Waals surface area contributed by atoms with Gasteiger partial charge in [0.05, 0.1) is 6.42 Å². The molecule has 3 nitrogen and oxygen atoms in total. The van der Waals surface area contributed by atoms with Gasteiger partial charge in [0.2, 0.25) is 5.91 Å². The highest BCUT2D eigenvalue weighted by Crippen LogP contribution is 2.37. The maximum absolute atomic E-state index is 12.7. The molecular formula is C19H26N2O. The predicted octanol–water partition coefficient (Wildman–Crippen LogP) is 2.87. The van der Waals surface area contributed by atoms with E-state index in [2.05, 4.69) is 16.4 Å². The number of amides is 1. The summed E-state index contributed by atoms with van der Waals surface area (Å²) in [6, 6.07) is 10.1. The largest absolute Gasteiger partial charge is 0.341 e. The van der Waals surface area contributed by atoms with Crippen molar-refractivity contribution in [3.8, 4) is 0 Å². The summed E-state index contributed by atoms with van der Waals surface area (Å²) < 4.78 is 0. The number of nitrogens with zero attached hydrogens (tertiary/aromatic N) is 2. The Kier molecular flexibility index (Phi) is 4.63. The molecule has 2 aliphatic rings. The van der Waals surface area contributed by atoms with Crippen LogP contribution < -0.4 is 0 Å². The summed E-state index contributed by atoms with van der Waals surface area (Å²) in [5.41, 5.74) is 1.32. The van der Waals surface area contributed by atoms with Crippen LogP contribution in [0.2, 0.25) is 0 Å². The Morgan fingerprint density at radius 1 is 1.18 bits per heavy atom. The third-order valence-electron chi connectivity index (χ3n) is 5.20. The Bertz CT molecular complexity index is 527. The van der Waals surface area contributed by atoms with Gasteiger partial charge in [-0.3, -0.25) is 9.69 Å². The molecular weight excluding hydrogens is 272 g/mol. The van der Waals surface area contributed by atoms with Gasteiger partial charge < -0.3 is 4.90 Å². The third-order valence-corrected chi connectivity index (χ3v) is 5.20. The van der Waals surface area contributed by atoms with Crippen LogP contribution in [0.5, 0.6) is 0 Å². The summed E-state index contributed by atoms with van der Waals surface area (Å²) in [6.07, 6.45) is 7.32. The van der Waals surface area contributed by atoms with Crippen LogP contribution >= 0.6 is 0 Å². The summed E-state index contributed by atoms with van der Waals surface area (Å²) in [5.74, 6) is 0.274. The number of hydrogen-bond donors (Lipinski definition) is 0. The van der Waals surface area contributed by atoms with E-state index in [4.69, 9.17) is 0 Å². The number of carbonyl (C=O) groups excluding carboxylic acids is 1. The lowest BCUT2D eigenvalue weighted by Crippen LogP contribution is -2.57. The van der Waals surface area contributed by atoms with Crippen molar-refractivity contribution in [3.63, 3.8) is 0 Å². The van der Waals surface area contributed by atoms with Crippen molar-refractivity contribution < 1.29 is 4.79 Å². The van der Waals surface area contributed by atoms with E-state index >= 15 is 0 Å². The third kappa shape index (κ3) is 3.09. The minimum absolute atomic E-state index is 0.207. The van der Waals surface area contributed by atoms with Crippen LogP contribution in [0.15, 0.2) is 43.0 Å². The molecule has 3 rings (SSSR count). The minimum Gasteiger partial charge on any atom is -0.341 e. The lowest BCUT2D eigenvalue weighted by Gasteiger charge is -2.46. The SMILES string of the molecule is C=CCN1CCCC12CCCN(C(=O)Cc1ccccc1)C2. The van der Waals surface area contributed by atoms with E-state index in [1.165, 1.54) is 19.3 Å². The molecule has 1 aromatic carbocycles. The maximum Gasteiger partial charge on any atom is 0.227 e. The quantitative estimate of drug-likeness (QED) is 0.798. The Morgan fingerprint density at radius 3 is 2.64 bits per heavy atom. The van der Waals surface area contributed by atoms with E-state index in [9.17, 15) is 4.79 Å². The number of rotatable bonds is 4. The fraction of sp³-hybridized carbons (Fsp3) is 0.526. The average molecular weight is 298 g/mol. The van der Waals surface area contributed by atoms with Crippen molar-refractivity contribution in [3.05, 3.63) is 48.6 Å². The second-order valence-electron chi connectivity index (χ2n) is 6.64. The highest BCUT2D eigenvalue weighted by atomic mass is 16.2. The number of carbonyl (C=O) groups is 1. The van der Waals surface area contributed by atoms with Crippen LogP contribution in [0, 0.1) is 0 Å². The Morgan fingerprint density at radius 2 is 1.91 bits per heavy atom. The molecule has 0 saturated carbocycles. The van der Waals surface area contributed by atoms with Crippen molar-refractivity contribution in [1.29, 1.82) is 0 Å². The zero-order chi connectivity index (χ0) is 15.4. The normalized spacial score (nSPS) is 25.5. The van der Waals surface area contributed by atoms with Crippen molar-refractivity contribution in [2.24, 2.45) is 0 Å². The van der Waals surface area contributed by atoms with Gasteiger partial charge in [0.15, 0.2) is 0 Å². The fourth-order valence-corrected chi connectivity index (χ4v) is 4.10. The van der Waals surface area contributed by atoms with Gasteiger partial charge in [-0.1, -0.05) is 36.4 Å². The molecule has 0 aliphatic carbocycles. The number of piperidine rings is 1. The van der Waals surface area contributed by atoms with E-state index in [0.29, 0.717) is 6.42 Å². The molecule has 2 saturated heterocycles. The second-order valence-corrected chi connectivity index (χ2v) is 6.64. The van der Waals surface area contributed by atoms with Crippen LogP contribution in [-0.4, -0.2) is 47.4 Å². The number of likely N-dealkylation sites (tertiary alicyclic amines) is 2. The van der Waals surface area contributed by atoms with Crippen LogP contribution in [0.1, 0.15) is 31.2 Å². The molecule has 22 heavy (non-hydrogen) atoms. The van der Waals surface area contributed by atoms with Gasteiger partial charge >= 0.3 is 0 Å². The average Bonchev–Trinajstić information content (AvgIpc) is 2.91.